The minimum atomic E-state index is -0.0762. The maximum Gasteiger partial charge on any atom is 0.0563 e. The van der Waals surface area contributed by atoms with Crippen molar-refractivity contribution in [3.8, 4) is 22.3 Å². The third-order valence-corrected chi connectivity index (χ3v) is 12.9. The second kappa shape index (κ2) is 11.9. The van der Waals surface area contributed by atoms with Gasteiger partial charge < -0.3 is 4.90 Å². The van der Waals surface area contributed by atoms with Crippen LogP contribution in [-0.4, -0.2) is 11.3 Å². The Bertz CT molecular complexity index is 2480. The Morgan fingerprint density at radius 1 is 0.647 bits per heavy atom. The van der Waals surface area contributed by atoms with Crippen LogP contribution in [0.25, 0.3) is 38.6 Å². The topological polar surface area (TPSA) is 3.24 Å². The molecule has 0 spiro atoms. The van der Waals surface area contributed by atoms with E-state index in [2.05, 4.69) is 189 Å². The lowest BCUT2D eigenvalue weighted by molar-refractivity contribution is 0.655. The second-order valence-corrected chi connectivity index (χ2v) is 16.0. The maximum atomic E-state index is 2.71. The molecule has 6 aromatic carbocycles. The van der Waals surface area contributed by atoms with Gasteiger partial charge in [-0.05, 0) is 79.9 Å². The van der Waals surface area contributed by atoms with E-state index in [-0.39, 0.29) is 17.4 Å². The van der Waals surface area contributed by atoms with Gasteiger partial charge in [0, 0.05) is 38.4 Å². The number of nitrogens with zero attached hydrogens (tertiary/aromatic N) is 1. The average Bonchev–Trinajstić information content (AvgIpc) is 3.68. The van der Waals surface area contributed by atoms with E-state index in [4.69, 9.17) is 0 Å². The van der Waals surface area contributed by atoms with E-state index in [1.54, 1.807) is 0 Å². The average molecular weight is 674 g/mol. The molecule has 1 nitrogen and oxygen atoms in total. The van der Waals surface area contributed by atoms with E-state index in [0.717, 1.165) is 6.42 Å². The molecule has 0 bridgehead atoms. The summed E-state index contributed by atoms with van der Waals surface area (Å²) in [4.78, 5) is 4.11. The van der Waals surface area contributed by atoms with E-state index < -0.39 is 0 Å². The molecule has 2 heteroatoms. The molecule has 1 heterocycles. The molecule has 246 valence electrons. The summed E-state index contributed by atoms with van der Waals surface area (Å²) in [6, 6.07) is 49.7. The number of fused-ring (bicyclic) bond motifs is 7. The van der Waals surface area contributed by atoms with E-state index >= 15 is 0 Å². The van der Waals surface area contributed by atoms with Crippen LogP contribution in [0.3, 0.4) is 0 Å². The van der Waals surface area contributed by atoms with Gasteiger partial charge in [-0.1, -0.05) is 166 Å². The van der Waals surface area contributed by atoms with E-state index in [9.17, 15) is 0 Å². The van der Waals surface area contributed by atoms with Crippen LogP contribution in [-0.2, 0) is 5.41 Å². The lowest BCUT2D eigenvalue weighted by atomic mass is 9.77. The highest BCUT2D eigenvalue weighted by Crippen LogP contribution is 2.55. The molecule has 0 fully saturated rings. The van der Waals surface area contributed by atoms with Gasteiger partial charge in [-0.3, -0.25) is 0 Å². The highest BCUT2D eigenvalue weighted by molar-refractivity contribution is 8.00. The van der Waals surface area contributed by atoms with Crippen molar-refractivity contribution < 1.29 is 0 Å². The zero-order chi connectivity index (χ0) is 34.1. The number of hydrogen-bond acceptors (Lipinski definition) is 2. The van der Waals surface area contributed by atoms with Crippen molar-refractivity contribution in [2.45, 2.75) is 47.8 Å². The monoisotopic (exact) mass is 673 g/mol. The lowest BCUT2D eigenvalue weighted by Gasteiger charge is -2.41. The Labute approximate surface area is 305 Å². The minimum Gasteiger partial charge on any atom is -0.337 e. The molecule has 0 aromatic heterocycles. The molecule has 0 N–H and O–H groups in total. The number of thioether (sulfide) groups is 1. The lowest BCUT2D eigenvalue weighted by Crippen LogP contribution is -2.38. The first-order chi connectivity index (χ1) is 25.1. The van der Waals surface area contributed by atoms with E-state index in [1.807, 2.05) is 11.8 Å². The first-order valence-electron chi connectivity index (χ1n) is 18.2. The molecular formula is C49H39NS. The largest absolute Gasteiger partial charge is 0.337 e. The van der Waals surface area contributed by atoms with Crippen LogP contribution in [0.2, 0.25) is 0 Å². The molecule has 51 heavy (non-hydrogen) atoms. The Hall–Kier alpha value is -5.31. The zero-order valence-corrected chi connectivity index (χ0v) is 29.8. The predicted octanol–water partition coefficient (Wildman–Crippen LogP) is 12.7. The Morgan fingerprint density at radius 3 is 2.31 bits per heavy atom. The SMILES string of the molecule is CC1(C)c2ccccc2-c2cccc(C3=CC=CC(N(C4=CC=CC5Sc6ccccc6C45)c4ccc5ccccc5c4-c4ccccc4)C3)c21. The molecule has 1 aliphatic heterocycles. The summed E-state index contributed by atoms with van der Waals surface area (Å²) in [5.41, 5.74) is 14.9. The number of rotatable bonds is 5. The van der Waals surface area contributed by atoms with Crippen LogP contribution >= 0.6 is 11.8 Å². The van der Waals surface area contributed by atoms with Gasteiger partial charge in [-0.25, -0.2) is 0 Å². The third-order valence-electron chi connectivity index (χ3n) is 11.6. The third kappa shape index (κ3) is 4.77. The van der Waals surface area contributed by atoms with Crippen molar-refractivity contribution in [2.75, 3.05) is 4.90 Å². The molecule has 10 rings (SSSR count). The summed E-state index contributed by atoms with van der Waals surface area (Å²) in [5, 5.41) is 2.91. The summed E-state index contributed by atoms with van der Waals surface area (Å²) in [5.74, 6) is 0.267. The van der Waals surface area contributed by atoms with Crippen LogP contribution in [0.4, 0.5) is 5.69 Å². The van der Waals surface area contributed by atoms with Crippen LogP contribution in [0.15, 0.2) is 181 Å². The second-order valence-electron chi connectivity index (χ2n) is 14.7. The van der Waals surface area contributed by atoms with Gasteiger partial charge in [0.25, 0.3) is 0 Å². The van der Waals surface area contributed by atoms with Crippen LogP contribution in [0, 0.1) is 0 Å². The number of benzene rings is 6. The van der Waals surface area contributed by atoms with Crippen LogP contribution < -0.4 is 4.90 Å². The van der Waals surface area contributed by atoms with Gasteiger partial charge in [0.2, 0.25) is 0 Å². The number of allylic oxidation sites excluding steroid dienone is 5. The van der Waals surface area contributed by atoms with Crippen molar-refractivity contribution in [3.63, 3.8) is 0 Å². The van der Waals surface area contributed by atoms with Gasteiger partial charge in [0.1, 0.15) is 0 Å². The molecule has 0 saturated carbocycles. The highest BCUT2D eigenvalue weighted by Gasteiger charge is 2.41. The zero-order valence-electron chi connectivity index (χ0n) is 29.0. The minimum absolute atomic E-state index is 0.0762. The van der Waals surface area contributed by atoms with Crippen molar-refractivity contribution in [1.82, 2.24) is 0 Å². The molecule has 0 saturated heterocycles. The number of hydrogen-bond donors (Lipinski definition) is 0. The quantitative estimate of drug-likeness (QED) is 0.179. The summed E-state index contributed by atoms with van der Waals surface area (Å²) in [6.45, 7) is 4.81. The molecular weight excluding hydrogens is 635 g/mol. The first kappa shape index (κ1) is 30.5. The summed E-state index contributed by atoms with van der Waals surface area (Å²) >= 11 is 2.01. The standard InChI is InChI=1S/C49H39NS/c1-49(2)41-25-10-8-21-38(41)39-24-13-23-37(48(39)49)34-18-12-19-35(31-34)50(42-26-14-28-45-47(42)40-22-9-11-27-44(40)51-45)43-30-29-32-15-6-7-20-36(32)46(43)33-16-4-3-5-17-33/h3-30,35,45,47H,31H2,1-2H3. The molecule has 0 radical (unpaired) electrons. The molecule has 3 atom stereocenters. The van der Waals surface area contributed by atoms with Crippen LogP contribution in [0.1, 0.15) is 48.4 Å². The van der Waals surface area contributed by atoms with Gasteiger partial charge in [0.05, 0.1) is 6.04 Å². The normalized spacial score (nSPS) is 20.6. The fourth-order valence-electron chi connectivity index (χ4n) is 9.34. The molecule has 3 aliphatic carbocycles. The van der Waals surface area contributed by atoms with Crippen molar-refractivity contribution >= 4 is 33.8 Å². The van der Waals surface area contributed by atoms with Crippen molar-refractivity contribution in [2.24, 2.45) is 0 Å². The Kier molecular flexibility index (Phi) is 7.11. The van der Waals surface area contributed by atoms with Gasteiger partial charge >= 0.3 is 0 Å². The van der Waals surface area contributed by atoms with Crippen molar-refractivity contribution in [1.29, 1.82) is 0 Å². The Balaban J connectivity index is 1.16. The fourth-order valence-corrected chi connectivity index (χ4v) is 10.7. The van der Waals surface area contributed by atoms with Crippen molar-refractivity contribution in [3.05, 3.63) is 198 Å². The maximum absolute atomic E-state index is 2.71. The first-order valence-corrected chi connectivity index (χ1v) is 19.1. The molecule has 4 aliphatic rings. The van der Waals surface area contributed by atoms with Gasteiger partial charge in [-0.15, -0.1) is 11.8 Å². The number of anilines is 1. The van der Waals surface area contributed by atoms with E-state index in [1.165, 1.54) is 77.1 Å². The molecule has 0 amide bonds. The Morgan fingerprint density at radius 2 is 1.39 bits per heavy atom. The predicted molar refractivity (Wildman–Crippen MR) is 217 cm³/mol. The smallest absolute Gasteiger partial charge is 0.0563 e. The molecule has 6 aromatic rings. The fraction of sp³-hybridized carbons (Fsp3) is 0.143. The highest BCUT2D eigenvalue weighted by atomic mass is 32.2. The summed E-state index contributed by atoms with van der Waals surface area (Å²) in [6.07, 6.45) is 15.2. The summed E-state index contributed by atoms with van der Waals surface area (Å²) in [7, 11) is 0. The van der Waals surface area contributed by atoms with Crippen LogP contribution in [0.5, 0.6) is 0 Å². The molecule has 3 unspecified atom stereocenters. The summed E-state index contributed by atoms with van der Waals surface area (Å²) < 4.78 is 0. The van der Waals surface area contributed by atoms with Gasteiger partial charge in [-0.2, -0.15) is 0 Å². The van der Waals surface area contributed by atoms with Gasteiger partial charge in [0.15, 0.2) is 0 Å². The van der Waals surface area contributed by atoms with E-state index in [0.29, 0.717) is 5.25 Å².